The first kappa shape index (κ1) is 27.8. The molecular weight excluding hydrogens is 574 g/mol. The van der Waals surface area contributed by atoms with E-state index in [1.54, 1.807) is 30.3 Å². The maximum atomic E-state index is 13.9. The molecule has 2 aliphatic rings. The number of methoxy groups -OCH3 is 1. The Morgan fingerprint density at radius 1 is 0.976 bits per heavy atom. The first-order valence-electron chi connectivity index (χ1n) is 13.3. The summed E-state index contributed by atoms with van der Waals surface area (Å²) < 4.78 is 11.4. The normalized spacial score (nSPS) is 19.3. The number of imide groups is 1. The number of fused-ring (bicyclic) bond motifs is 2. The van der Waals surface area contributed by atoms with Crippen LogP contribution in [0.3, 0.4) is 0 Å². The number of anilines is 2. The van der Waals surface area contributed by atoms with Crippen LogP contribution in [0.4, 0.5) is 11.4 Å². The molecule has 0 saturated carbocycles. The predicted octanol–water partition coefficient (Wildman–Crippen LogP) is 4.88. The Morgan fingerprint density at radius 2 is 1.74 bits per heavy atom. The first-order chi connectivity index (χ1) is 20.2. The van der Waals surface area contributed by atoms with Gasteiger partial charge >= 0.3 is 4.87 Å². The van der Waals surface area contributed by atoms with Crippen LogP contribution < -0.4 is 24.6 Å². The van der Waals surface area contributed by atoms with Gasteiger partial charge < -0.3 is 19.8 Å². The van der Waals surface area contributed by atoms with Crippen molar-refractivity contribution in [3.8, 4) is 11.5 Å². The number of carbonyl (C=O) groups is 3. The second kappa shape index (κ2) is 11.1. The molecule has 4 aromatic rings. The quantitative estimate of drug-likeness (QED) is 0.290. The standard InChI is InChI=1S/C31H27N3O6S2/c1-16-8-11-19(12-9-16)34-29(36)25-24(26-28(33-31(38)42-26)41-27(25)30(34)37)18-10-13-21(22(14-18)39-3)40-15-23(35)32-20-7-5-4-6-17(20)2/h4-14,24-25,27H,15H2,1-3H3,(H,32,35)(H,33,38). The van der Waals surface area contributed by atoms with Crippen LogP contribution in [0.2, 0.25) is 0 Å². The summed E-state index contributed by atoms with van der Waals surface area (Å²) in [5.74, 6) is -1.52. The molecule has 1 fully saturated rings. The lowest BCUT2D eigenvalue weighted by atomic mass is 9.83. The fourth-order valence-corrected chi connectivity index (χ4v) is 7.88. The van der Waals surface area contributed by atoms with Gasteiger partial charge in [-0.05, 0) is 55.3 Å². The van der Waals surface area contributed by atoms with Crippen molar-refractivity contribution in [2.24, 2.45) is 5.92 Å². The zero-order valence-electron chi connectivity index (χ0n) is 23.0. The number of rotatable bonds is 7. The van der Waals surface area contributed by atoms with E-state index in [0.717, 1.165) is 22.5 Å². The van der Waals surface area contributed by atoms with Crippen LogP contribution >= 0.6 is 23.1 Å². The van der Waals surface area contributed by atoms with Gasteiger partial charge in [0, 0.05) is 16.5 Å². The topological polar surface area (TPSA) is 118 Å². The SMILES string of the molecule is COc1cc(C2c3sc(=O)[nH]c3SC3C(=O)N(c4ccc(C)cc4)C(=O)C32)ccc1OCC(=O)Nc1ccccc1C. The van der Waals surface area contributed by atoms with Crippen molar-refractivity contribution in [2.75, 3.05) is 23.9 Å². The monoisotopic (exact) mass is 601 g/mol. The molecule has 6 rings (SSSR count). The number of aryl methyl sites for hydroxylation is 2. The lowest BCUT2D eigenvalue weighted by Crippen LogP contribution is -2.32. The number of para-hydroxylation sites is 1. The van der Waals surface area contributed by atoms with Crippen molar-refractivity contribution in [1.29, 1.82) is 0 Å². The third-order valence-corrected chi connectivity index (χ3v) is 9.84. The lowest BCUT2D eigenvalue weighted by Gasteiger charge is -2.30. The molecule has 1 aromatic heterocycles. The number of nitrogens with one attached hydrogen (secondary N) is 2. The molecule has 1 saturated heterocycles. The van der Waals surface area contributed by atoms with E-state index in [-0.39, 0.29) is 29.2 Å². The molecule has 3 unspecified atom stereocenters. The van der Waals surface area contributed by atoms with E-state index < -0.39 is 17.1 Å². The molecule has 2 aliphatic heterocycles. The van der Waals surface area contributed by atoms with Crippen molar-refractivity contribution in [3.05, 3.63) is 98.0 Å². The number of carbonyl (C=O) groups excluding carboxylic acids is 3. The largest absolute Gasteiger partial charge is 0.493 e. The third kappa shape index (κ3) is 4.99. The molecule has 3 amide bonds. The van der Waals surface area contributed by atoms with E-state index in [1.807, 2.05) is 50.2 Å². The van der Waals surface area contributed by atoms with Crippen molar-refractivity contribution < 1.29 is 23.9 Å². The highest BCUT2D eigenvalue weighted by molar-refractivity contribution is 8.00. The Balaban J connectivity index is 1.30. The van der Waals surface area contributed by atoms with Crippen LogP contribution in [-0.2, 0) is 14.4 Å². The first-order valence-corrected chi connectivity index (χ1v) is 14.9. The Kier molecular flexibility index (Phi) is 7.38. The molecule has 11 heteroatoms. The van der Waals surface area contributed by atoms with Crippen LogP contribution in [0.5, 0.6) is 11.5 Å². The smallest absolute Gasteiger partial charge is 0.305 e. The van der Waals surface area contributed by atoms with Gasteiger partial charge in [-0.25, -0.2) is 4.90 Å². The number of amides is 3. The van der Waals surface area contributed by atoms with Crippen LogP contribution in [0.15, 0.2) is 76.6 Å². The van der Waals surface area contributed by atoms with Crippen molar-refractivity contribution in [2.45, 2.75) is 30.0 Å². The number of thiazole rings is 1. The van der Waals surface area contributed by atoms with Gasteiger partial charge in [0.1, 0.15) is 5.25 Å². The summed E-state index contributed by atoms with van der Waals surface area (Å²) in [6, 6.07) is 19.9. The molecule has 9 nitrogen and oxygen atoms in total. The van der Waals surface area contributed by atoms with E-state index in [4.69, 9.17) is 9.47 Å². The number of nitrogens with zero attached hydrogens (tertiary/aromatic N) is 1. The Labute approximate surface area is 249 Å². The van der Waals surface area contributed by atoms with Crippen molar-refractivity contribution in [3.63, 3.8) is 0 Å². The minimum atomic E-state index is -0.723. The van der Waals surface area contributed by atoms with E-state index in [9.17, 15) is 19.2 Å². The second-order valence-electron chi connectivity index (χ2n) is 10.2. The van der Waals surface area contributed by atoms with E-state index in [0.29, 0.717) is 38.3 Å². The maximum Gasteiger partial charge on any atom is 0.305 e. The molecule has 0 bridgehead atoms. The Morgan fingerprint density at radius 3 is 2.48 bits per heavy atom. The van der Waals surface area contributed by atoms with E-state index >= 15 is 0 Å². The van der Waals surface area contributed by atoms with E-state index in [1.165, 1.54) is 23.8 Å². The highest BCUT2D eigenvalue weighted by Crippen LogP contribution is 2.53. The number of hydrogen-bond acceptors (Lipinski definition) is 8. The average Bonchev–Trinajstić information content (AvgIpc) is 3.47. The van der Waals surface area contributed by atoms with E-state index in [2.05, 4.69) is 10.3 Å². The molecule has 214 valence electrons. The van der Waals surface area contributed by atoms with Gasteiger partial charge in [0.15, 0.2) is 18.1 Å². The van der Waals surface area contributed by atoms with Gasteiger partial charge in [0.05, 0.1) is 23.7 Å². The molecule has 3 heterocycles. The zero-order chi connectivity index (χ0) is 29.5. The number of hydrogen-bond donors (Lipinski definition) is 2. The average molecular weight is 602 g/mol. The summed E-state index contributed by atoms with van der Waals surface area (Å²) in [6.07, 6.45) is 0. The number of H-pyrrole nitrogens is 1. The summed E-state index contributed by atoms with van der Waals surface area (Å²) in [4.78, 5) is 57.1. The molecular formula is C31H27N3O6S2. The van der Waals surface area contributed by atoms with Gasteiger partial charge in [-0.15, -0.1) is 0 Å². The van der Waals surface area contributed by atoms with Gasteiger partial charge in [-0.3, -0.25) is 19.2 Å². The number of thioether (sulfide) groups is 1. The third-order valence-electron chi connectivity index (χ3n) is 7.44. The Hall–Kier alpha value is -4.35. The second-order valence-corrected chi connectivity index (χ2v) is 12.3. The van der Waals surface area contributed by atoms with Crippen molar-refractivity contribution in [1.82, 2.24) is 4.98 Å². The predicted molar refractivity (Wildman–Crippen MR) is 162 cm³/mol. The molecule has 0 radical (unpaired) electrons. The molecule has 3 atom stereocenters. The number of ether oxygens (including phenoxy) is 2. The van der Waals surface area contributed by atoms with Crippen molar-refractivity contribution >= 4 is 52.2 Å². The van der Waals surface area contributed by atoms with Gasteiger partial charge in [-0.2, -0.15) is 0 Å². The molecule has 3 aromatic carbocycles. The summed E-state index contributed by atoms with van der Waals surface area (Å²) in [5.41, 5.74) is 3.87. The van der Waals surface area contributed by atoms with Gasteiger partial charge in [-0.1, -0.05) is 65.1 Å². The summed E-state index contributed by atoms with van der Waals surface area (Å²) in [5, 5.41) is 2.73. The van der Waals surface area contributed by atoms with Crippen LogP contribution in [0, 0.1) is 19.8 Å². The lowest BCUT2D eigenvalue weighted by molar-refractivity contribution is -0.122. The molecule has 0 spiro atoms. The maximum absolute atomic E-state index is 13.9. The minimum absolute atomic E-state index is 0.239. The zero-order valence-corrected chi connectivity index (χ0v) is 24.6. The highest BCUT2D eigenvalue weighted by Gasteiger charge is 2.56. The van der Waals surface area contributed by atoms with Crippen LogP contribution in [-0.4, -0.2) is 41.7 Å². The number of aromatic nitrogens is 1. The van der Waals surface area contributed by atoms with Crippen LogP contribution in [0.25, 0.3) is 0 Å². The fourth-order valence-electron chi connectivity index (χ4n) is 5.36. The molecule has 0 aliphatic carbocycles. The number of benzene rings is 3. The Bertz CT molecular complexity index is 1760. The minimum Gasteiger partial charge on any atom is -0.493 e. The van der Waals surface area contributed by atoms with Gasteiger partial charge in [0.25, 0.3) is 5.91 Å². The van der Waals surface area contributed by atoms with Gasteiger partial charge in [0.2, 0.25) is 11.8 Å². The highest BCUT2D eigenvalue weighted by atomic mass is 32.2. The summed E-state index contributed by atoms with van der Waals surface area (Å²) in [7, 11) is 1.49. The summed E-state index contributed by atoms with van der Waals surface area (Å²) in [6.45, 7) is 3.60. The molecule has 42 heavy (non-hydrogen) atoms. The fraction of sp³-hybridized carbons (Fsp3) is 0.226. The summed E-state index contributed by atoms with van der Waals surface area (Å²) >= 11 is 2.27. The molecule has 2 N–H and O–H groups in total. The number of aromatic amines is 1. The van der Waals surface area contributed by atoms with Crippen LogP contribution in [0.1, 0.15) is 27.5 Å².